The van der Waals surface area contributed by atoms with Gasteiger partial charge in [-0.25, -0.2) is 4.79 Å². The van der Waals surface area contributed by atoms with Gasteiger partial charge in [0.05, 0.1) is 11.0 Å². The molecular weight excluding hydrogens is 212 g/mol. The molecule has 4 heteroatoms. The van der Waals surface area contributed by atoms with Crippen LogP contribution >= 0.6 is 11.6 Å². The van der Waals surface area contributed by atoms with E-state index in [1.165, 1.54) is 5.56 Å². The zero-order valence-corrected chi connectivity index (χ0v) is 9.34. The summed E-state index contributed by atoms with van der Waals surface area (Å²) >= 11 is 5.64. The highest BCUT2D eigenvalue weighted by atomic mass is 35.5. The minimum atomic E-state index is -0.0699. The number of alkyl halides is 1. The zero-order valence-electron chi connectivity index (χ0n) is 8.59. The van der Waals surface area contributed by atoms with Crippen molar-refractivity contribution in [1.29, 1.82) is 0 Å². The van der Waals surface area contributed by atoms with Crippen LogP contribution in [0.5, 0.6) is 0 Å². The number of nitrogens with zero attached hydrogens (tertiary/aromatic N) is 1. The molecule has 1 heterocycles. The van der Waals surface area contributed by atoms with Gasteiger partial charge in [-0.2, -0.15) is 0 Å². The van der Waals surface area contributed by atoms with Gasteiger partial charge in [-0.05, 0) is 30.5 Å². The lowest BCUT2D eigenvalue weighted by molar-refractivity contribution is 0.891. The van der Waals surface area contributed by atoms with E-state index in [2.05, 4.69) is 4.98 Å². The number of rotatable bonds is 3. The van der Waals surface area contributed by atoms with Crippen molar-refractivity contribution in [3.05, 3.63) is 34.2 Å². The molecule has 0 bridgehead atoms. The Morgan fingerprint density at radius 3 is 3.00 bits per heavy atom. The van der Waals surface area contributed by atoms with Crippen LogP contribution in [0.3, 0.4) is 0 Å². The van der Waals surface area contributed by atoms with E-state index in [0.29, 0.717) is 5.88 Å². The molecule has 0 saturated carbocycles. The first kappa shape index (κ1) is 10.3. The SMILES string of the molecule is Cn1c(=O)[nH]c2cc(CCCCl)ccc21. The van der Waals surface area contributed by atoms with E-state index >= 15 is 0 Å². The molecule has 0 aliphatic heterocycles. The van der Waals surface area contributed by atoms with Crippen molar-refractivity contribution in [3.63, 3.8) is 0 Å². The molecule has 0 radical (unpaired) electrons. The first-order valence-corrected chi connectivity index (χ1v) is 5.49. The van der Waals surface area contributed by atoms with Crippen LogP contribution in [-0.2, 0) is 13.5 Å². The van der Waals surface area contributed by atoms with Gasteiger partial charge >= 0.3 is 5.69 Å². The van der Waals surface area contributed by atoms with Crippen molar-refractivity contribution < 1.29 is 0 Å². The van der Waals surface area contributed by atoms with Gasteiger partial charge in [0.15, 0.2) is 0 Å². The third-order valence-corrected chi connectivity index (χ3v) is 2.83. The summed E-state index contributed by atoms with van der Waals surface area (Å²) < 4.78 is 1.61. The number of halogens is 1. The number of nitrogens with one attached hydrogen (secondary N) is 1. The fourth-order valence-electron chi connectivity index (χ4n) is 1.71. The minimum absolute atomic E-state index is 0.0699. The third-order valence-electron chi connectivity index (χ3n) is 2.57. The van der Waals surface area contributed by atoms with Gasteiger partial charge in [0, 0.05) is 12.9 Å². The molecule has 3 nitrogen and oxygen atoms in total. The number of H-pyrrole nitrogens is 1. The number of hydrogen-bond acceptors (Lipinski definition) is 1. The van der Waals surface area contributed by atoms with E-state index in [-0.39, 0.29) is 5.69 Å². The number of aromatic nitrogens is 2. The smallest absolute Gasteiger partial charge is 0.306 e. The van der Waals surface area contributed by atoms with E-state index in [1.807, 2.05) is 18.2 Å². The van der Waals surface area contributed by atoms with Crippen LogP contribution in [0, 0.1) is 0 Å². The van der Waals surface area contributed by atoms with Crippen molar-refractivity contribution in [3.8, 4) is 0 Å². The number of imidazole rings is 1. The lowest BCUT2D eigenvalue weighted by Crippen LogP contribution is -2.11. The summed E-state index contributed by atoms with van der Waals surface area (Å²) in [5.41, 5.74) is 2.98. The highest BCUT2D eigenvalue weighted by Crippen LogP contribution is 2.13. The van der Waals surface area contributed by atoms with E-state index in [0.717, 1.165) is 23.9 Å². The second kappa shape index (κ2) is 4.11. The van der Waals surface area contributed by atoms with Crippen molar-refractivity contribution >= 4 is 22.6 Å². The van der Waals surface area contributed by atoms with Gasteiger partial charge < -0.3 is 4.98 Å². The highest BCUT2D eigenvalue weighted by molar-refractivity contribution is 6.17. The van der Waals surface area contributed by atoms with Crippen molar-refractivity contribution in [2.45, 2.75) is 12.8 Å². The number of hydrogen-bond donors (Lipinski definition) is 1. The molecule has 0 unspecified atom stereocenters. The Hall–Kier alpha value is -1.22. The zero-order chi connectivity index (χ0) is 10.8. The van der Waals surface area contributed by atoms with Crippen LogP contribution < -0.4 is 5.69 Å². The maximum absolute atomic E-state index is 11.4. The molecule has 0 aliphatic rings. The van der Waals surface area contributed by atoms with E-state index in [4.69, 9.17) is 11.6 Å². The minimum Gasteiger partial charge on any atom is -0.306 e. The molecule has 2 rings (SSSR count). The standard InChI is InChI=1S/C11H13ClN2O/c1-14-10-5-4-8(3-2-6-12)7-9(10)13-11(14)15/h4-5,7H,2-3,6H2,1H3,(H,13,15). The molecule has 0 spiro atoms. The fourth-order valence-corrected chi connectivity index (χ4v) is 1.84. The Labute approximate surface area is 92.7 Å². The van der Waals surface area contributed by atoms with Crippen molar-refractivity contribution in [2.75, 3.05) is 5.88 Å². The summed E-state index contributed by atoms with van der Waals surface area (Å²) in [6.07, 6.45) is 1.92. The summed E-state index contributed by atoms with van der Waals surface area (Å²) in [6, 6.07) is 6.03. The topological polar surface area (TPSA) is 37.8 Å². The van der Waals surface area contributed by atoms with Crippen LogP contribution in [0.2, 0.25) is 0 Å². The molecule has 0 saturated heterocycles. The van der Waals surface area contributed by atoms with Crippen molar-refractivity contribution in [2.24, 2.45) is 7.05 Å². The third kappa shape index (κ3) is 1.92. The number of benzene rings is 1. The summed E-state index contributed by atoms with van der Waals surface area (Å²) in [5, 5.41) is 0. The number of fused-ring (bicyclic) bond motifs is 1. The molecule has 1 aromatic carbocycles. The fraction of sp³-hybridized carbons (Fsp3) is 0.364. The van der Waals surface area contributed by atoms with Gasteiger partial charge in [-0.15, -0.1) is 11.6 Å². The Morgan fingerprint density at radius 2 is 2.27 bits per heavy atom. The highest BCUT2D eigenvalue weighted by Gasteiger charge is 2.03. The normalized spacial score (nSPS) is 11.1. The number of aryl methyl sites for hydroxylation is 2. The molecular formula is C11H13ClN2O. The summed E-state index contributed by atoms with van der Waals surface area (Å²) in [7, 11) is 1.76. The number of aromatic amines is 1. The molecule has 1 N–H and O–H groups in total. The Kier molecular flexibility index (Phi) is 2.82. The first-order valence-electron chi connectivity index (χ1n) is 4.96. The van der Waals surface area contributed by atoms with Gasteiger partial charge in [0.25, 0.3) is 0 Å². The Morgan fingerprint density at radius 1 is 1.47 bits per heavy atom. The lowest BCUT2D eigenvalue weighted by atomic mass is 10.1. The Bertz CT molecular complexity index is 527. The predicted octanol–water partition coefficient (Wildman–Crippen LogP) is 2.04. The largest absolute Gasteiger partial charge is 0.326 e. The lowest BCUT2D eigenvalue weighted by Gasteiger charge is -1.99. The molecule has 0 atom stereocenters. The van der Waals surface area contributed by atoms with Crippen molar-refractivity contribution in [1.82, 2.24) is 9.55 Å². The van der Waals surface area contributed by atoms with Crippen LogP contribution in [0.1, 0.15) is 12.0 Å². The average molecular weight is 225 g/mol. The maximum atomic E-state index is 11.4. The Balaban J connectivity index is 2.43. The van der Waals surface area contributed by atoms with E-state index in [1.54, 1.807) is 11.6 Å². The monoisotopic (exact) mass is 224 g/mol. The molecule has 0 fully saturated rings. The van der Waals surface area contributed by atoms with Gasteiger partial charge in [-0.1, -0.05) is 6.07 Å². The molecule has 80 valence electrons. The first-order chi connectivity index (χ1) is 7.22. The van der Waals surface area contributed by atoms with Crippen LogP contribution in [-0.4, -0.2) is 15.4 Å². The summed E-state index contributed by atoms with van der Waals surface area (Å²) in [5.74, 6) is 0.670. The molecule has 15 heavy (non-hydrogen) atoms. The van der Waals surface area contributed by atoms with Gasteiger partial charge in [-0.3, -0.25) is 4.57 Å². The molecule has 1 aromatic heterocycles. The quantitative estimate of drug-likeness (QED) is 0.797. The molecule has 0 aliphatic carbocycles. The van der Waals surface area contributed by atoms with Crippen LogP contribution in [0.25, 0.3) is 11.0 Å². The van der Waals surface area contributed by atoms with Gasteiger partial charge in [0.1, 0.15) is 0 Å². The summed E-state index contributed by atoms with van der Waals surface area (Å²) in [4.78, 5) is 14.2. The van der Waals surface area contributed by atoms with E-state index in [9.17, 15) is 4.79 Å². The average Bonchev–Trinajstić information content (AvgIpc) is 2.52. The van der Waals surface area contributed by atoms with Crippen LogP contribution in [0.4, 0.5) is 0 Å². The maximum Gasteiger partial charge on any atom is 0.326 e. The predicted molar refractivity (Wildman–Crippen MR) is 62.6 cm³/mol. The molecule has 0 amide bonds. The second-order valence-corrected chi connectivity index (χ2v) is 4.01. The van der Waals surface area contributed by atoms with E-state index < -0.39 is 0 Å². The summed E-state index contributed by atoms with van der Waals surface area (Å²) in [6.45, 7) is 0. The molecule has 2 aromatic rings. The van der Waals surface area contributed by atoms with Gasteiger partial charge in [0.2, 0.25) is 0 Å². The second-order valence-electron chi connectivity index (χ2n) is 3.63. The van der Waals surface area contributed by atoms with Crippen LogP contribution in [0.15, 0.2) is 23.0 Å².